The van der Waals surface area contributed by atoms with Crippen LogP contribution in [0.1, 0.15) is 36.1 Å². The van der Waals surface area contributed by atoms with Gasteiger partial charge in [0.1, 0.15) is 6.54 Å². The summed E-state index contributed by atoms with van der Waals surface area (Å²) in [5, 5.41) is 6.06. The number of hydrogen-bond donors (Lipinski definition) is 1. The topological polar surface area (TPSA) is 62.5 Å². The maximum atomic E-state index is 13.7. The van der Waals surface area contributed by atoms with Crippen molar-refractivity contribution < 1.29 is 4.79 Å². The first kappa shape index (κ1) is 27.7. The van der Waals surface area contributed by atoms with Gasteiger partial charge in [0.2, 0.25) is 5.91 Å². The molecule has 3 aliphatic rings. The monoisotopic (exact) mass is 567 g/mol. The summed E-state index contributed by atoms with van der Waals surface area (Å²) in [5.74, 6) is 0.0243. The molecule has 1 N–H and O–H groups in total. The summed E-state index contributed by atoms with van der Waals surface area (Å²) in [5.41, 5.74) is 4.65. The number of carbonyl (C=O) groups excluding carboxylic acids is 1. The van der Waals surface area contributed by atoms with E-state index >= 15 is 0 Å². The number of imidazole rings is 1. The summed E-state index contributed by atoms with van der Waals surface area (Å²) in [7, 11) is 0. The quantitative estimate of drug-likeness (QED) is 0.402. The van der Waals surface area contributed by atoms with Gasteiger partial charge in [0.15, 0.2) is 0 Å². The molecule has 2 saturated heterocycles. The molecule has 0 radical (unpaired) electrons. The third-order valence-corrected chi connectivity index (χ3v) is 8.73. The number of piperazine rings is 1. The Hall–Kier alpha value is -2.84. The first-order valence-corrected chi connectivity index (χ1v) is 13.6. The fourth-order valence-corrected chi connectivity index (χ4v) is 6.88. The van der Waals surface area contributed by atoms with Crippen molar-refractivity contribution in [1.82, 2.24) is 24.3 Å². The summed E-state index contributed by atoms with van der Waals surface area (Å²) < 4.78 is 3.67. The summed E-state index contributed by atoms with van der Waals surface area (Å²) >= 11 is 0. The van der Waals surface area contributed by atoms with E-state index in [-0.39, 0.29) is 49.0 Å². The zero-order chi connectivity index (χ0) is 24.9. The lowest BCUT2D eigenvalue weighted by atomic mass is 9.99. The van der Waals surface area contributed by atoms with Crippen LogP contribution in [0.3, 0.4) is 0 Å². The molecule has 0 spiro atoms. The van der Waals surface area contributed by atoms with Crippen LogP contribution in [0.25, 0.3) is 21.8 Å². The molecule has 2 aliphatic heterocycles. The highest BCUT2D eigenvalue weighted by Crippen LogP contribution is 2.41. The number of carbonyl (C=O) groups is 1. The Morgan fingerprint density at radius 2 is 1.54 bits per heavy atom. The zero-order valence-corrected chi connectivity index (χ0v) is 23.6. The minimum absolute atomic E-state index is 0. The third kappa shape index (κ3) is 4.76. The number of aromatic nitrogens is 2. The van der Waals surface area contributed by atoms with Gasteiger partial charge in [-0.05, 0) is 53.3 Å². The Kier molecular flexibility index (Phi) is 8.06. The minimum atomic E-state index is -0.0545. The van der Waals surface area contributed by atoms with Crippen molar-refractivity contribution in [2.75, 3.05) is 39.3 Å². The number of para-hydroxylation sites is 2. The lowest BCUT2D eigenvalue weighted by Crippen LogP contribution is -2.48. The maximum absolute atomic E-state index is 13.7. The Morgan fingerprint density at radius 1 is 0.846 bits per heavy atom. The lowest BCUT2D eigenvalue weighted by Gasteiger charge is -2.36. The van der Waals surface area contributed by atoms with Crippen LogP contribution in [0.5, 0.6) is 0 Å². The SMILES string of the molecule is Cl.Cl.O=C(Cn1c(=O)n(C2CCN(C3Cc4cccc5cccc3c45)CC2)c2ccccc21)N1CCNCC1. The largest absolute Gasteiger partial charge is 0.339 e. The Balaban J connectivity index is 0.00000154. The molecule has 7 nitrogen and oxygen atoms in total. The maximum Gasteiger partial charge on any atom is 0.329 e. The molecule has 7 rings (SSSR count). The Morgan fingerprint density at radius 3 is 2.28 bits per heavy atom. The molecule has 3 aromatic carbocycles. The number of fused-ring (bicyclic) bond motifs is 1. The van der Waals surface area contributed by atoms with E-state index < -0.39 is 0 Å². The predicted octanol–water partition coefficient (Wildman–Crippen LogP) is 4.17. The van der Waals surface area contributed by atoms with Crippen molar-refractivity contribution in [3.8, 4) is 0 Å². The number of benzene rings is 3. The van der Waals surface area contributed by atoms with Gasteiger partial charge in [-0.25, -0.2) is 4.79 Å². The number of halogens is 2. The molecular weight excluding hydrogens is 533 g/mol. The summed E-state index contributed by atoms with van der Waals surface area (Å²) in [6, 6.07) is 21.9. The van der Waals surface area contributed by atoms with Gasteiger partial charge in [-0.3, -0.25) is 18.8 Å². The minimum Gasteiger partial charge on any atom is -0.339 e. The predicted molar refractivity (Wildman–Crippen MR) is 160 cm³/mol. The van der Waals surface area contributed by atoms with Crippen LogP contribution >= 0.6 is 24.8 Å². The van der Waals surface area contributed by atoms with E-state index in [4.69, 9.17) is 0 Å². The summed E-state index contributed by atoms with van der Waals surface area (Å²) in [6.07, 6.45) is 2.93. The van der Waals surface area contributed by atoms with Crippen molar-refractivity contribution in [2.45, 2.75) is 37.9 Å². The molecule has 39 heavy (non-hydrogen) atoms. The lowest BCUT2D eigenvalue weighted by molar-refractivity contribution is -0.132. The van der Waals surface area contributed by atoms with Gasteiger partial charge in [0, 0.05) is 51.4 Å². The van der Waals surface area contributed by atoms with E-state index in [2.05, 4.69) is 46.6 Å². The Labute approximate surface area is 240 Å². The van der Waals surface area contributed by atoms with Gasteiger partial charge in [0.25, 0.3) is 0 Å². The van der Waals surface area contributed by atoms with Crippen molar-refractivity contribution in [3.05, 3.63) is 82.3 Å². The highest BCUT2D eigenvalue weighted by molar-refractivity contribution is 5.91. The second-order valence-corrected chi connectivity index (χ2v) is 10.7. The standard InChI is InChI=1S/C30H33N5O2.2ClH/c36-28(33-17-13-31-14-18-33)20-34-25-9-1-2-10-26(25)35(30(34)37)23-11-15-32(16-12-23)27-19-22-7-3-5-21-6-4-8-24(27)29(21)22;;/h1-10,23,27,31H,11-20H2;2*1H. The van der Waals surface area contributed by atoms with Crippen LogP contribution < -0.4 is 11.0 Å². The van der Waals surface area contributed by atoms with E-state index in [1.54, 1.807) is 4.57 Å². The van der Waals surface area contributed by atoms with E-state index in [1.165, 1.54) is 21.9 Å². The van der Waals surface area contributed by atoms with Crippen molar-refractivity contribution >= 4 is 52.5 Å². The molecule has 9 heteroatoms. The summed E-state index contributed by atoms with van der Waals surface area (Å²) in [6.45, 7) is 5.04. The second-order valence-electron chi connectivity index (χ2n) is 10.7. The molecule has 3 heterocycles. The van der Waals surface area contributed by atoms with Gasteiger partial charge < -0.3 is 10.2 Å². The Bertz CT molecular complexity index is 1550. The third-order valence-electron chi connectivity index (χ3n) is 8.73. The zero-order valence-electron chi connectivity index (χ0n) is 21.9. The van der Waals surface area contributed by atoms with Gasteiger partial charge in [-0.1, -0.05) is 48.5 Å². The first-order chi connectivity index (χ1) is 18.2. The van der Waals surface area contributed by atoms with Crippen molar-refractivity contribution in [2.24, 2.45) is 0 Å². The van der Waals surface area contributed by atoms with Gasteiger partial charge in [0.05, 0.1) is 11.0 Å². The molecule has 1 aromatic heterocycles. The van der Waals surface area contributed by atoms with Crippen LogP contribution in [0.15, 0.2) is 65.5 Å². The highest BCUT2D eigenvalue weighted by Gasteiger charge is 2.33. The number of amides is 1. The average molecular weight is 569 g/mol. The molecule has 1 aliphatic carbocycles. The second kappa shape index (κ2) is 11.3. The smallest absolute Gasteiger partial charge is 0.329 e. The average Bonchev–Trinajstić information content (AvgIpc) is 3.46. The number of piperidine rings is 1. The van der Waals surface area contributed by atoms with Crippen LogP contribution in [0.2, 0.25) is 0 Å². The van der Waals surface area contributed by atoms with Crippen molar-refractivity contribution in [1.29, 1.82) is 0 Å². The van der Waals surface area contributed by atoms with Crippen molar-refractivity contribution in [3.63, 3.8) is 0 Å². The first-order valence-electron chi connectivity index (χ1n) is 13.6. The number of hydrogen-bond acceptors (Lipinski definition) is 4. The van der Waals surface area contributed by atoms with Crippen LogP contribution in [0, 0.1) is 0 Å². The van der Waals surface area contributed by atoms with E-state index in [0.717, 1.165) is 56.5 Å². The molecule has 0 bridgehead atoms. The van der Waals surface area contributed by atoms with Gasteiger partial charge in [-0.15, -0.1) is 24.8 Å². The molecule has 1 amide bonds. The number of likely N-dealkylation sites (tertiary alicyclic amines) is 1. The van der Waals surface area contributed by atoms with Crippen LogP contribution in [-0.4, -0.2) is 64.1 Å². The number of rotatable bonds is 4. The summed E-state index contributed by atoms with van der Waals surface area (Å²) in [4.78, 5) is 31.3. The molecule has 206 valence electrons. The molecule has 2 fully saturated rings. The number of nitrogens with zero attached hydrogens (tertiary/aromatic N) is 4. The van der Waals surface area contributed by atoms with E-state index in [1.807, 2.05) is 33.7 Å². The van der Waals surface area contributed by atoms with Gasteiger partial charge >= 0.3 is 5.69 Å². The van der Waals surface area contributed by atoms with Gasteiger partial charge in [-0.2, -0.15) is 0 Å². The fourth-order valence-electron chi connectivity index (χ4n) is 6.88. The highest BCUT2D eigenvalue weighted by atomic mass is 35.5. The molecule has 1 unspecified atom stereocenters. The van der Waals surface area contributed by atoms with Crippen LogP contribution in [0.4, 0.5) is 0 Å². The molecule has 0 saturated carbocycles. The van der Waals surface area contributed by atoms with E-state index in [0.29, 0.717) is 19.1 Å². The fraction of sp³-hybridized carbons (Fsp3) is 0.400. The van der Waals surface area contributed by atoms with E-state index in [9.17, 15) is 9.59 Å². The van der Waals surface area contributed by atoms with Crippen LogP contribution in [-0.2, 0) is 17.8 Å². The number of nitrogens with one attached hydrogen (secondary N) is 1. The molecule has 1 atom stereocenters. The molecular formula is C30H35Cl2N5O2. The normalized spacial score (nSPS) is 19.7. The molecule has 4 aromatic rings.